The summed E-state index contributed by atoms with van der Waals surface area (Å²) in [5.74, 6) is -0.277. The lowest BCUT2D eigenvalue weighted by Gasteiger charge is -2.40. The zero-order valence-corrected chi connectivity index (χ0v) is 17.6. The summed E-state index contributed by atoms with van der Waals surface area (Å²) < 4.78 is 1.87. The number of benzene rings is 1. The van der Waals surface area contributed by atoms with Crippen molar-refractivity contribution < 1.29 is 14.2 Å². The highest BCUT2D eigenvalue weighted by atomic mass is 32.1. The third-order valence-corrected chi connectivity index (χ3v) is 6.50. The Morgan fingerprint density at radius 2 is 1.90 bits per heavy atom. The molecule has 0 aliphatic carbocycles. The van der Waals surface area contributed by atoms with Gasteiger partial charge in [-0.1, -0.05) is 30.3 Å². The van der Waals surface area contributed by atoms with Crippen molar-refractivity contribution in [3.8, 4) is 0 Å². The number of rotatable bonds is 4. The lowest BCUT2D eigenvalue weighted by molar-refractivity contribution is -0.702. The number of carbonyl (C=O) groups excluding carboxylic acids is 2. The van der Waals surface area contributed by atoms with Gasteiger partial charge in [-0.05, 0) is 43.3 Å². The average Bonchev–Trinajstić information content (AvgIpc) is 3.21. The average molecular weight is 407 g/mol. The van der Waals surface area contributed by atoms with E-state index < -0.39 is 5.54 Å². The van der Waals surface area contributed by atoms with Crippen molar-refractivity contribution >= 4 is 28.8 Å². The quantitative estimate of drug-likeness (QED) is 0.674. The largest absolute Gasteiger partial charge is 0.323 e. The first-order valence-corrected chi connectivity index (χ1v) is 10.5. The van der Waals surface area contributed by atoms with Crippen LogP contribution < -0.4 is 9.88 Å². The van der Waals surface area contributed by atoms with Crippen LogP contribution in [0.25, 0.3) is 0 Å². The van der Waals surface area contributed by atoms with E-state index in [2.05, 4.69) is 5.32 Å². The smallest absolute Gasteiger partial charge is 0.290 e. The summed E-state index contributed by atoms with van der Waals surface area (Å²) >= 11 is 1.59. The molecule has 5 nitrogen and oxygen atoms in total. The molecule has 1 aliphatic rings. The predicted octanol–water partition coefficient (Wildman–Crippen LogP) is 3.55. The first kappa shape index (κ1) is 19.3. The van der Waals surface area contributed by atoms with E-state index in [1.54, 1.807) is 16.2 Å². The van der Waals surface area contributed by atoms with Gasteiger partial charge in [0.05, 0.1) is 6.54 Å². The number of fused-ring (bicyclic) bond motifs is 1. The van der Waals surface area contributed by atoms with Gasteiger partial charge in [-0.3, -0.25) is 9.59 Å². The number of hydrogen-bond acceptors (Lipinski definition) is 3. The molecule has 0 radical (unpaired) electrons. The van der Waals surface area contributed by atoms with Gasteiger partial charge in [-0.15, -0.1) is 11.3 Å². The third-order valence-electron chi connectivity index (χ3n) is 5.64. The maximum atomic E-state index is 13.7. The van der Waals surface area contributed by atoms with Crippen LogP contribution in [0.3, 0.4) is 0 Å². The van der Waals surface area contributed by atoms with E-state index in [4.69, 9.17) is 0 Å². The molecule has 1 atom stereocenters. The van der Waals surface area contributed by atoms with Crippen LogP contribution >= 0.6 is 11.3 Å². The van der Waals surface area contributed by atoms with Gasteiger partial charge in [0, 0.05) is 22.7 Å². The van der Waals surface area contributed by atoms with Gasteiger partial charge in [0.15, 0.2) is 6.20 Å². The molecule has 1 aliphatic heterocycles. The first-order chi connectivity index (χ1) is 13.9. The van der Waals surface area contributed by atoms with Crippen molar-refractivity contribution in [2.24, 2.45) is 0 Å². The monoisotopic (exact) mass is 406 g/mol. The number of pyridine rings is 1. The summed E-state index contributed by atoms with van der Waals surface area (Å²) in [5.41, 5.74) is 2.47. The molecule has 4 rings (SSSR count). The Bertz CT molecular complexity index is 1060. The van der Waals surface area contributed by atoms with Crippen LogP contribution in [-0.2, 0) is 28.2 Å². The summed E-state index contributed by atoms with van der Waals surface area (Å²) in [6.45, 7) is 6.43. The van der Waals surface area contributed by atoms with Crippen LogP contribution in [0.15, 0.2) is 60.1 Å². The van der Waals surface area contributed by atoms with E-state index in [0.29, 0.717) is 6.54 Å². The second kappa shape index (κ2) is 7.44. The Labute approximate surface area is 174 Å². The Balaban J connectivity index is 1.80. The zero-order chi connectivity index (χ0) is 20.6. The summed E-state index contributed by atoms with van der Waals surface area (Å²) in [6, 6.07) is 15.6. The fourth-order valence-electron chi connectivity index (χ4n) is 3.97. The van der Waals surface area contributed by atoms with Crippen LogP contribution in [0.1, 0.15) is 28.6 Å². The third kappa shape index (κ3) is 3.34. The lowest BCUT2D eigenvalue weighted by Crippen LogP contribution is -2.66. The molecule has 29 heavy (non-hydrogen) atoms. The van der Waals surface area contributed by atoms with Crippen LogP contribution in [-0.4, -0.2) is 16.7 Å². The molecule has 0 unspecified atom stereocenters. The topological polar surface area (TPSA) is 53.3 Å². The highest BCUT2D eigenvalue weighted by Gasteiger charge is 2.53. The number of aryl methyl sites for hydroxylation is 2. The maximum absolute atomic E-state index is 13.7. The number of thiophene rings is 1. The Kier molecular flexibility index (Phi) is 4.96. The van der Waals surface area contributed by atoms with Gasteiger partial charge in [-0.25, -0.2) is 0 Å². The van der Waals surface area contributed by atoms with E-state index in [0.717, 1.165) is 27.4 Å². The Hall–Kier alpha value is -2.99. The maximum Gasteiger partial charge on any atom is 0.290 e. The summed E-state index contributed by atoms with van der Waals surface area (Å²) in [7, 11) is 0. The molecule has 0 bridgehead atoms. The van der Waals surface area contributed by atoms with Crippen molar-refractivity contribution in [2.75, 3.05) is 5.32 Å². The highest BCUT2D eigenvalue weighted by molar-refractivity contribution is 7.09. The molecule has 6 heteroatoms. The molecule has 148 valence electrons. The van der Waals surface area contributed by atoms with Gasteiger partial charge >= 0.3 is 0 Å². The summed E-state index contributed by atoms with van der Waals surface area (Å²) in [4.78, 5) is 29.6. The number of aromatic nitrogens is 1. The van der Waals surface area contributed by atoms with Crippen LogP contribution in [0.4, 0.5) is 5.69 Å². The normalized spacial score (nSPS) is 18.4. The molecule has 3 heterocycles. The molecule has 3 aromatic rings. The Morgan fingerprint density at radius 3 is 2.59 bits per heavy atom. The molecule has 0 saturated carbocycles. The number of carbonyl (C=O) groups is 2. The van der Waals surface area contributed by atoms with Gasteiger partial charge in [0.25, 0.3) is 11.8 Å². The number of anilines is 1. The standard InChI is InChI=1S/C23H23N3O2S/c1-16-8-6-9-17(2)21(16)24-22(28)23(3)19-11-4-5-12-25(19)15-20(27)26(23)14-18-10-7-13-29-18/h4-13H,14-15H2,1-3H3/p+1/t23-/m1/s1. The fourth-order valence-corrected chi connectivity index (χ4v) is 4.66. The predicted molar refractivity (Wildman–Crippen MR) is 113 cm³/mol. The number of para-hydroxylation sites is 1. The van der Waals surface area contributed by atoms with Crippen molar-refractivity contribution in [3.63, 3.8) is 0 Å². The highest BCUT2D eigenvalue weighted by Crippen LogP contribution is 2.34. The minimum Gasteiger partial charge on any atom is -0.323 e. The molecule has 2 amide bonds. The van der Waals surface area contributed by atoms with Crippen molar-refractivity contribution in [1.82, 2.24) is 4.90 Å². The summed E-state index contributed by atoms with van der Waals surface area (Å²) in [5, 5.41) is 5.10. The fraction of sp³-hybridized carbons (Fsp3) is 0.261. The van der Waals surface area contributed by atoms with Crippen molar-refractivity contribution in [2.45, 2.75) is 39.4 Å². The van der Waals surface area contributed by atoms with Crippen LogP contribution in [0.5, 0.6) is 0 Å². The molecule has 0 saturated heterocycles. The number of amides is 2. The van der Waals surface area contributed by atoms with E-state index in [9.17, 15) is 9.59 Å². The van der Waals surface area contributed by atoms with Crippen molar-refractivity contribution in [3.05, 3.63) is 81.8 Å². The van der Waals surface area contributed by atoms with Gasteiger partial charge in [0.2, 0.25) is 17.8 Å². The van der Waals surface area contributed by atoms with Crippen molar-refractivity contribution in [1.29, 1.82) is 0 Å². The molecule has 1 N–H and O–H groups in total. The molecule has 2 aromatic heterocycles. The van der Waals surface area contributed by atoms with Gasteiger partial charge in [0.1, 0.15) is 0 Å². The number of nitrogens with zero attached hydrogens (tertiary/aromatic N) is 2. The first-order valence-electron chi connectivity index (χ1n) is 9.60. The molecule has 0 fully saturated rings. The van der Waals surface area contributed by atoms with E-state index in [1.807, 2.05) is 85.4 Å². The minimum absolute atomic E-state index is 0.0683. The van der Waals surface area contributed by atoms with E-state index >= 15 is 0 Å². The zero-order valence-electron chi connectivity index (χ0n) is 16.8. The van der Waals surface area contributed by atoms with Gasteiger partial charge in [-0.2, -0.15) is 4.57 Å². The van der Waals surface area contributed by atoms with E-state index in [1.165, 1.54) is 0 Å². The lowest BCUT2D eigenvalue weighted by atomic mass is 9.89. The van der Waals surface area contributed by atoms with Gasteiger partial charge < -0.3 is 10.2 Å². The second-order valence-corrected chi connectivity index (χ2v) is 8.60. The second-order valence-electron chi connectivity index (χ2n) is 7.57. The number of nitrogens with one attached hydrogen (secondary N) is 1. The number of hydrogen-bond donors (Lipinski definition) is 1. The minimum atomic E-state index is -1.13. The summed E-state index contributed by atoms with van der Waals surface area (Å²) in [6.07, 6.45) is 1.86. The molecule has 1 aromatic carbocycles. The molecule has 0 spiro atoms. The van der Waals surface area contributed by atoms with Crippen LogP contribution in [0, 0.1) is 13.8 Å². The van der Waals surface area contributed by atoms with Crippen LogP contribution in [0.2, 0.25) is 0 Å². The SMILES string of the molecule is Cc1cccc(C)c1NC(=O)[C@@]1(C)c2cccc[n+]2CC(=O)N1Cc1cccs1. The Morgan fingerprint density at radius 1 is 1.14 bits per heavy atom. The molecular weight excluding hydrogens is 382 g/mol. The van der Waals surface area contributed by atoms with E-state index in [-0.39, 0.29) is 18.4 Å². The molecular formula is C23H24N3O2S+.